The van der Waals surface area contributed by atoms with Crippen molar-refractivity contribution < 1.29 is 19.1 Å². The maximum atomic E-state index is 11.8. The van der Waals surface area contributed by atoms with Crippen LogP contribution in [-0.4, -0.2) is 30.3 Å². The number of halogens is 1. The number of anilines is 1. The van der Waals surface area contributed by atoms with E-state index in [9.17, 15) is 14.4 Å². The van der Waals surface area contributed by atoms with Crippen LogP contribution in [0.25, 0.3) is 0 Å². The van der Waals surface area contributed by atoms with Crippen molar-refractivity contribution in [3.8, 4) is 0 Å². The summed E-state index contributed by atoms with van der Waals surface area (Å²) in [6, 6.07) is 4.88. The molecule has 6 heteroatoms. The fourth-order valence-corrected chi connectivity index (χ4v) is 2.20. The first-order valence-corrected chi connectivity index (χ1v) is 6.54. The van der Waals surface area contributed by atoms with Gasteiger partial charge in [-0.3, -0.25) is 19.3 Å². The van der Waals surface area contributed by atoms with Gasteiger partial charge in [-0.25, -0.2) is 0 Å². The van der Waals surface area contributed by atoms with E-state index in [-0.39, 0.29) is 12.6 Å². The Bertz CT molecular complexity index is 568. The number of carbonyl (C=O) groups excluding carboxylic acids is 3. The highest BCUT2D eigenvalue weighted by molar-refractivity contribution is 9.10. The Morgan fingerprint density at radius 1 is 1.37 bits per heavy atom. The zero-order chi connectivity index (χ0) is 14.2. The first kappa shape index (κ1) is 13.7. The number of ketones is 1. The average molecular weight is 326 g/mol. The van der Waals surface area contributed by atoms with E-state index in [0.717, 1.165) is 9.37 Å². The molecule has 1 aromatic carbocycles. The number of rotatable bonds is 3. The molecule has 1 aliphatic heterocycles. The highest BCUT2D eigenvalue weighted by Gasteiger charge is 2.37. The Labute approximate surface area is 118 Å². The van der Waals surface area contributed by atoms with E-state index in [1.54, 1.807) is 32.0 Å². The third-order valence-corrected chi connectivity index (χ3v) is 3.08. The van der Waals surface area contributed by atoms with Gasteiger partial charge >= 0.3 is 5.97 Å². The number of ether oxygens (including phenoxy) is 1. The molecule has 0 spiro atoms. The van der Waals surface area contributed by atoms with Crippen molar-refractivity contribution >= 4 is 39.3 Å². The summed E-state index contributed by atoms with van der Waals surface area (Å²) in [5.41, 5.74) is 0.746. The summed E-state index contributed by atoms with van der Waals surface area (Å²) in [6.07, 6.45) is -0.261. The third kappa shape index (κ3) is 2.68. The van der Waals surface area contributed by atoms with Crippen LogP contribution in [-0.2, 0) is 14.3 Å². The highest BCUT2D eigenvalue weighted by atomic mass is 79.9. The largest absolute Gasteiger partial charge is 0.462 e. The van der Waals surface area contributed by atoms with Crippen molar-refractivity contribution in [1.29, 1.82) is 0 Å². The fourth-order valence-electron chi connectivity index (χ4n) is 1.85. The number of hydrogen-bond acceptors (Lipinski definition) is 4. The zero-order valence-corrected chi connectivity index (χ0v) is 12.1. The molecule has 0 atom stereocenters. The lowest BCUT2D eigenvalue weighted by molar-refractivity contribution is -0.146. The Kier molecular flexibility index (Phi) is 3.71. The molecule has 0 radical (unpaired) electrons. The molecule has 0 N–H and O–H groups in total. The molecular formula is C13H12BrNO4. The van der Waals surface area contributed by atoms with Crippen LogP contribution in [0.4, 0.5) is 5.69 Å². The number of Topliss-reactive ketones (excluding diaryl/α,β-unsaturated/α-hetero) is 1. The fraction of sp³-hybridized carbons (Fsp3) is 0.308. The van der Waals surface area contributed by atoms with Gasteiger partial charge in [0.15, 0.2) is 0 Å². The van der Waals surface area contributed by atoms with Gasteiger partial charge in [0.2, 0.25) is 0 Å². The molecular weight excluding hydrogens is 314 g/mol. The summed E-state index contributed by atoms with van der Waals surface area (Å²) in [4.78, 5) is 36.4. The SMILES string of the molecule is CC(C)OC(=O)CN1C(=O)C(=O)c2ccc(Br)cc21. The van der Waals surface area contributed by atoms with Crippen LogP contribution in [0.15, 0.2) is 22.7 Å². The van der Waals surface area contributed by atoms with Gasteiger partial charge < -0.3 is 4.74 Å². The standard InChI is InChI=1S/C13H12BrNO4/c1-7(2)19-11(16)6-15-10-5-8(14)3-4-9(10)12(17)13(15)18/h3-5,7H,6H2,1-2H3. The minimum Gasteiger partial charge on any atom is -0.462 e. The van der Waals surface area contributed by atoms with Crippen molar-refractivity contribution in [2.75, 3.05) is 11.4 Å². The van der Waals surface area contributed by atoms with Crippen molar-refractivity contribution in [1.82, 2.24) is 0 Å². The molecule has 1 aliphatic rings. The van der Waals surface area contributed by atoms with Crippen LogP contribution in [0.3, 0.4) is 0 Å². The van der Waals surface area contributed by atoms with Gasteiger partial charge in [0, 0.05) is 4.47 Å². The van der Waals surface area contributed by atoms with Crippen LogP contribution in [0.5, 0.6) is 0 Å². The number of nitrogens with zero attached hydrogens (tertiary/aromatic N) is 1. The molecule has 1 amide bonds. The van der Waals surface area contributed by atoms with Crippen LogP contribution < -0.4 is 4.90 Å². The summed E-state index contributed by atoms with van der Waals surface area (Å²) in [7, 11) is 0. The lowest BCUT2D eigenvalue weighted by atomic mass is 10.1. The Morgan fingerprint density at radius 2 is 2.05 bits per heavy atom. The molecule has 0 fully saturated rings. The van der Waals surface area contributed by atoms with Crippen molar-refractivity contribution in [2.24, 2.45) is 0 Å². The molecule has 0 bridgehead atoms. The van der Waals surface area contributed by atoms with E-state index in [1.807, 2.05) is 0 Å². The average Bonchev–Trinajstić information content (AvgIpc) is 2.53. The summed E-state index contributed by atoms with van der Waals surface area (Å²) in [5.74, 6) is -1.84. The van der Waals surface area contributed by atoms with E-state index in [0.29, 0.717) is 11.3 Å². The summed E-state index contributed by atoms with van der Waals surface area (Å²) < 4.78 is 5.72. The van der Waals surface area contributed by atoms with Crippen LogP contribution in [0.2, 0.25) is 0 Å². The van der Waals surface area contributed by atoms with E-state index >= 15 is 0 Å². The maximum absolute atomic E-state index is 11.8. The number of benzene rings is 1. The summed E-state index contributed by atoms with van der Waals surface area (Å²) >= 11 is 3.27. The first-order valence-electron chi connectivity index (χ1n) is 5.75. The van der Waals surface area contributed by atoms with E-state index < -0.39 is 17.7 Å². The molecule has 0 aliphatic carbocycles. The molecule has 0 aromatic heterocycles. The van der Waals surface area contributed by atoms with E-state index in [4.69, 9.17) is 4.74 Å². The number of amides is 1. The molecule has 1 heterocycles. The molecule has 19 heavy (non-hydrogen) atoms. The lowest BCUT2D eigenvalue weighted by Crippen LogP contribution is -2.36. The van der Waals surface area contributed by atoms with Gasteiger partial charge in [-0.2, -0.15) is 0 Å². The Morgan fingerprint density at radius 3 is 2.68 bits per heavy atom. The number of esters is 1. The minimum absolute atomic E-state index is 0.258. The molecule has 0 saturated carbocycles. The Hall–Kier alpha value is -1.69. The first-order chi connectivity index (χ1) is 8.90. The van der Waals surface area contributed by atoms with Crippen LogP contribution in [0, 0.1) is 0 Å². The quantitative estimate of drug-likeness (QED) is 0.629. The number of fused-ring (bicyclic) bond motifs is 1. The van der Waals surface area contributed by atoms with Crippen molar-refractivity contribution in [3.63, 3.8) is 0 Å². The zero-order valence-electron chi connectivity index (χ0n) is 10.5. The predicted molar refractivity (Wildman–Crippen MR) is 72.1 cm³/mol. The maximum Gasteiger partial charge on any atom is 0.326 e. The molecule has 1 aromatic rings. The summed E-state index contributed by atoms with van der Waals surface area (Å²) in [5, 5.41) is 0. The normalized spacial score (nSPS) is 14.0. The predicted octanol–water partition coefficient (Wildman–Crippen LogP) is 1.93. The van der Waals surface area contributed by atoms with Crippen molar-refractivity contribution in [3.05, 3.63) is 28.2 Å². The second kappa shape index (κ2) is 5.13. The molecule has 5 nitrogen and oxygen atoms in total. The smallest absolute Gasteiger partial charge is 0.326 e. The van der Waals surface area contributed by atoms with Crippen LogP contribution >= 0.6 is 15.9 Å². The van der Waals surface area contributed by atoms with Crippen LogP contribution in [0.1, 0.15) is 24.2 Å². The van der Waals surface area contributed by atoms with Gasteiger partial charge in [-0.15, -0.1) is 0 Å². The molecule has 0 saturated heterocycles. The molecule has 100 valence electrons. The third-order valence-electron chi connectivity index (χ3n) is 2.59. The Balaban J connectivity index is 2.28. The molecule has 0 unspecified atom stereocenters. The summed E-state index contributed by atoms with van der Waals surface area (Å²) in [6.45, 7) is 3.19. The highest BCUT2D eigenvalue weighted by Crippen LogP contribution is 2.31. The van der Waals surface area contributed by atoms with E-state index in [1.165, 1.54) is 0 Å². The van der Waals surface area contributed by atoms with Gasteiger partial charge in [-0.1, -0.05) is 15.9 Å². The van der Waals surface area contributed by atoms with Gasteiger partial charge in [0.05, 0.1) is 17.4 Å². The second-order valence-electron chi connectivity index (χ2n) is 4.42. The van der Waals surface area contributed by atoms with Gasteiger partial charge in [-0.05, 0) is 32.0 Å². The van der Waals surface area contributed by atoms with E-state index in [2.05, 4.69) is 15.9 Å². The monoisotopic (exact) mass is 325 g/mol. The topological polar surface area (TPSA) is 63.7 Å². The van der Waals surface area contributed by atoms with Gasteiger partial charge in [0.25, 0.3) is 11.7 Å². The van der Waals surface area contributed by atoms with Gasteiger partial charge in [0.1, 0.15) is 6.54 Å². The molecule has 2 rings (SSSR count). The second-order valence-corrected chi connectivity index (χ2v) is 5.34. The number of hydrogen-bond donors (Lipinski definition) is 0. The van der Waals surface area contributed by atoms with Crippen molar-refractivity contribution in [2.45, 2.75) is 20.0 Å². The number of carbonyl (C=O) groups is 3. The minimum atomic E-state index is -0.700. The lowest BCUT2D eigenvalue weighted by Gasteiger charge is -2.16.